The number of aliphatic hydroxyl groups excluding tert-OH is 1. The average Bonchev–Trinajstić information content (AvgIpc) is 2.66. The number of carbonyl (C=O) groups is 1. The molecule has 0 bridgehead atoms. The summed E-state index contributed by atoms with van der Waals surface area (Å²) in [5, 5.41) is 9.40. The Hall–Kier alpha value is -1.01. The molecule has 1 fully saturated rings. The molecule has 1 unspecified atom stereocenters. The fourth-order valence-corrected chi connectivity index (χ4v) is 1.95. The average molecular weight is 182 g/mol. The normalized spacial score (nSPS) is 31.6. The summed E-state index contributed by atoms with van der Waals surface area (Å²) < 4.78 is 4.62. The van der Waals surface area contributed by atoms with Gasteiger partial charge in [0.2, 0.25) is 0 Å². The van der Waals surface area contributed by atoms with Crippen molar-refractivity contribution >= 4 is 5.97 Å². The molecule has 0 aromatic carbocycles. The number of esters is 1. The van der Waals surface area contributed by atoms with Crippen LogP contribution in [0, 0.1) is 29.6 Å². The van der Waals surface area contributed by atoms with Crippen LogP contribution in [-0.4, -0.2) is 24.3 Å². The summed E-state index contributed by atoms with van der Waals surface area (Å²) >= 11 is 0. The molecule has 1 saturated carbocycles. The molecule has 1 aliphatic carbocycles. The lowest BCUT2D eigenvalue weighted by atomic mass is 10.1. The highest BCUT2D eigenvalue weighted by molar-refractivity contribution is 5.77. The first-order chi connectivity index (χ1) is 5.96. The van der Waals surface area contributed by atoms with Crippen molar-refractivity contribution in [3.05, 3.63) is 0 Å². The van der Waals surface area contributed by atoms with Crippen LogP contribution in [0.25, 0.3) is 0 Å². The van der Waals surface area contributed by atoms with Crippen LogP contribution in [0.15, 0.2) is 0 Å². The lowest BCUT2D eigenvalue weighted by Crippen LogP contribution is -2.12. The van der Waals surface area contributed by atoms with Gasteiger partial charge < -0.3 is 9.84 Å². The summed E-state index contributed by atoms with van der Waals surface area (Å²) in [7, 11) is 1.34. The standard InChI is InChI=1S/C10H14O3/c1-5-6(11)7-8(9(12)13-4)10(7,2)3/h1,6-8,11H,2-4H3/t6?,7-,8+/m1/s1. The van der Waals surface area contributed by atoms with Crippen molar-refractivity contribution in [1.82, 2.24) is 0 Å². The zero-order valence-corrected chi connectivity index (χ0v) is 8.07. The van der Waals surface area contributed by atoms with Gasteiger partial charge in [-0.15, -0.1) is 6.42 Å². The van der Waals surface area contributed by atoms with E-state index in [1.54, 1.807) is 0 Å². The van der Waals surface area contributed by atoms with E-state index >= 15 is 0 Å². The first-order valence-corrected chi connectivity index (χ1v) is 4.18. The molecule has 3 heteroatoms. The van der Waals surface area contributed by atoms with Crippen LogP contribution in [0.2, 0.25) is 0 Å². The molecule has 0 aliphatic heterocycles. The van der Waals surface area contributed by atoms with Crippen molar-refractivity contribution < 1.29 is 14.6 Å². The highest BCUT2D eigenvalue weighted by atomic mass is 16.5. The molecule has 13 heavy (non-hydrogen) atoms. The minimum atomic E-state index is -0.848. The fraction of sp³-hybridized carbons (Fsp3) is 0.700. The van der Waals surface area contributed by atoms with E-state index in [0.29, 0.717) is 0 Å². The number of carbonyl (C=O) groups excluding carboxylic acids is 1. The van der Waals surface area contributed by atoms with E-state index in [4.69, 9.17) is 6.42 Å². The molecular formula is C10H14O3. The molecule has 0 radical (unpaired) electrons. The first-order valence-electron chi connectivity index (χ1n) is 4.18. The summed E-state index contributed by atoms with van der Waals surface area (Å²) in [6.45, 7) is 3.81. The molecular weight excluding hydrogens is 168 g/mol. The predicted octanol–water partition coefficient (Wildman–Crippen LogP) is 0.426. The van der Waals surface area contributed by atoms with Gasteiger partial charge in [0.15, 0.2) is 0 Å². The summed E-state index contributed by atoms with van der Waals surface area (Å²) in [5.74, 6) is 1.53. The van der Waals surface area contributed by atoms with E-state index in [0.717, 1.165) is 0 Å². The van der Waals surface area contributed by atoms with Crippen LogP contribution in [0.3, 0.4) is 0 Å². The zero-order valence-electron chi connectivity index (χ0n) is 8.07. The Bertz CT molecular complexity index is 262. The molecule has 1 aliphatic rings. The molecule has 0 aromatic heterocycles. The van der Waals surface area contributed by atoms with Gasteiger partial charge >= 0.3 is 5.97 Å². The molecule has 72 valence electrons. The van der Waals surface area contributed by atoms with E-state index in [1.165, 1.54) is 7.11 Å². The quantitative estimate of drug-likeness (QED) is 0.497. The predicted molar refractivity (Wildman–Crippen MR) is 47.6 cm³/mol. The summed E-state index contributed by atoms with van der Waals surface area (Å²) in [4.78, 5) is 11.2. The van der Waals surface area contributed by atoms with Crippen molar-refractivity contribution in [3.8, 4) is 12.3 Å². The Morgan fingerprint density at radius 1 is 1.69 bits per heavy atom. The number of hydrogen-bond acceptors (Lipinski definition) is 3. The van der Waals surface area contributed by atoms with Gasteiger partial charge in [0, 0.05) is 5.92 Å². The number of terminal acetylenes is 1. The number of rotatable bonds is 2. The number of hydrogen-bond donors (Lipinski definition) is 1. The second kappa shape index (κ2) is 3.04. The smallest absolute Gasteiger partial charge is 0.309 e. The van der Waals surface area contributed by atoms with E-state index in [1.807, 2.05) is 13.8 Å². The maximum atomic E-state index is 11.2. The Kier molecular flexibility index (Phi) is 2.36. The van der Waals surface area contributed by atoms with Crippen molar-refractivity contribution in [3.63, 3.8) is 0 Å². The number of aliphatic hydroxyl groups is 1. The van der Waals surface area contributed by atoms with Crippen LogP contribution in [0.4, 0.5) is 0 Å². The van der Waals surface area contributed by atoms with Gasteiger partial charge in [-0.05, 0) is 5.41 Å². The van der Waals surface area contributed by atoms with E-state index in [2.05, 4.69) is 10.7 Å². The molecule has 0 saturated heterocycles. The third-order valence-corrected chi connectivity index (χ3v) is 2.88. The number of ether oxygens (including phenoxy) is 1. The maximum absolute atomic E-state index is 11.2. The SMILES string of the molecule is C#CC(O)[C@@H]1[C@@H](C(=O)OC)C1(C)C. The molecule has 1 N–H and O–H groups in total. The van der Waals surface area contributed by atoms with Gasteiger partial charge in [0.05, 0.1) is 13.0 Å². The Morgan fingerprint density at radius 2 is 2.23 bits per heavy atom. The van der Waals surface area contributed by atoms with Gasteiger partial charge in [-0.3, -0.25) is 4.79 Å². The maximum Gasteiger partial charge on any atom is 0.309 e. The van der Waals surface area contributed by atoms with Crippen LogP contribution >= 0.6 is 0 Å². The van der Waals surface area contributed by atoms with Crippen LogP contribution in [-0.2, 0) is 9.53 Å². The fourth-order valence-electron chi connectivity index (χ4n) is 1.95. The molecule has 0 heterocycles. The Labute approximate surface area is 78.1 Å². The highest BCUT2D eigenvalue weighted by Crippen LogP contribution is 2.60. The van der Waals surface area contributed by atoms with Gasteiger partial charge in [0.1, 0.15) is 6.10 Å². The van der Waals surface area contributed by atoms with Crippen LogP contribution in [0.5, 0.6) is 0 Å². The summed E-state index contributed by atoms with van der Waals surface area (Å²) in [6, 6.07) is 0. The van der Waals surface area contributed by atoms with E-state index in [-0.39, 0.29) is 23.2 Å². The van der Waals surface area contributed by atoms with Crippen molar-refractivity contribution in [1.29, 1.82) is 0 Å². The molecule has 0 amide bonds. The third kappa shape index (κ3) is 1.42. The Morgan fingerprint density at radius 3 is 2.62 bits per heavy atom. The molecule has 3 atom stereocenters. The van der Waals surface area contributed by atoms with Crippen molar-refractivity contribution in [2.75, 3.05) is 7.11 Å². The number of methoxy groups -OCH3 is 1. The van der Waals surface area contributed by atoms with Crippen molar-refractivity contribution in [2.45, 2.75) is 20.0 Å². The zero-order chi connectivity index (χ0) is 10.2. The minimum Gasteiger partial charge on any atom is -0.469 e. The second-order valence-electron chi connectivity index (χ2n) is 3.96. The lowest BCUT2D eigenvalue weighted by molar-refractivity contribution is -0.143. The summed E-state index contributed by atoms with van der Waals surface area (Å²) in [5.41, 5.74) is -0.237. The van der Waals surface area contributed by atoms with E-state index < -0.39 is 6.10 Å². The second-order valence-corrected chi connectivity index (χ2v) is 3.96. The third-order valence-electron chi connectivity index (χ3n) is 2.88. The van der Waals surface area contributed by atoms with Gasteiger partial charge in [-0.1, -0.05) is 19.8 Å². The minimum absolute atomic E-state index is 0.162. The molecule has 1 rings (SSSR count). The largest absolute Gasteiger partial charge is 0.469 e. The van der Waals surface area contributed by atoms with Crippen LogP contribution in [0.1, 0.15) is 13.8 Å². The highest BCUT2D eigenvalue weighted by Gasteiger charge is 2.65. The Balaban J connectivity index is 2.73. The first kappa shape index (κ1) is 10.1. The van der Waals surface area contributed by atoms with Gasteiger partial charge in [-0.2, -0.15) is 0 Å². The summed E-state index contributed by atoms with van der Waals surface area (Å²) in [6.07, 6.45) is 4.24. The molecule has 0 spiro atoms. The topological polar surface area (TPSA) is 46.5 Å². The van der Waals surface area contributed by atoms with Crippen LogP contribution < -0.4 is 0 Å². The molecule has 3 nitrogen and oxygen atoms in total. The van der Waals surface area contributed by atoms with Gasteiger partial charge in [0.25, 0.3) is 0 Å². The van der Waals surface area contributed by atoms with Crippen molar-refractivity contribution in [2.24, 2.45) is 17.3 Å². The monoisotopic (exact) mass is 182 g/mol. The van der Waals surface area contributed by atoms with Gasteiger partial charge in [-0.25, -0.2) is 0 Å². The van der Waals surface area contributed by atoms with E-state index in [9.17, 15) is 9.90 Å². The lowest BCUT2D eigenvalue weighted by Gasteiger charge is -2.02. The molecule has 0 aromatic rings.